The molecule has 1 aliphatic carbocycles. The molecule has 1 rings (SSSR count). The number of sulfonamides is 1. The number of aliphatic hydroxyl groups excluding tert-OH is 1. The van der Waals surface area contributed by atoms with Crippen LogP contribution in [0.15, 0.2) is 0 Å². The molecule has 0 spiro atoms. The van der Waals surface area contributed by atoms with Gasteiger partial charge in [-0.15, -0.1) is 0 Å². The number of nitrogens with zero attached hydrogens (tertiary/aromatic N) is 1. The van der Waals surface area contributed by atoms with Crippen molar-refractivity contribution in [1.29, 1.82) is 0 Å². The van der Waals surface area contributed by atoms with E-state index in [1.807, 2.05) is 0 Å². The summed E-state index contributed by atoms with van der Waals surface area (Å²) in [6.07, 6.45) is 1.85. The Bertz CT molecular complexity index is 237. The van der Waals surface area contributed by atoms with Gasteiger partial charge in [-0.2, -0.15) is 4.31 Å². The molecule has 12 heavy (non-hydrogen) atoms. The summed E-state index contributed by atoms with van der Waals surface area (Å²) in [6.45, 7) is 0.112. The van der Waals surface area contributed by atoms with Crippen LogP contribution < -0.4 is 0 Å². The lowest BCUT2D eigenvalue weighted by Crippen LogP contribution is -2.35. The molecule has 0 unspecified atom stereocenters. The van der Waals surface area contributed by atoms with Gasteiger partial charge in [0.1, 0.15) is 4.66 Å². The van der Waals surface area contributed by atoms with Crippen LogP contribution in [0.2, 0.25) is 0 Å². The quantitative estimate of drug-likeness (QED) is 0.713. The zero-order chi connectivity index (χ0) is 9.19. The van der Waals surface area contributed by atoms with Gasteiger partial charge in [0.05, 0.1) is 6.61 Å². The molecular formula is C6H12BrNO3S. The van der Waals surface area contributed by atoms with Crippen LogP contribution in [0.4, 0.5) is 0 Å². The predicted molar refractivity (Wildman–Crippen MR) is 49.5 cm³/mol. The first kappa shape index (κ1) is 10.4. The SMILES string of the molecule is O=S(=O)(CBr)N(CCO)C1CC1. The summed E-state index contributed by atoms with van der Waals surface area (Å²) in [5.41, 5.74) is 0. The third-order valence-corrected chi connectivity index (χ3v) is 4.98. The Labute approximate surface area is 80.7 Å². The molecule has 0 aliphatic heterocycles. The van der Waals surface area contributed by atoms with Crippen LogP contribution in [-0.2, 0) is 10.0 Å². The molecule has 1 aliphatic rings. The third kappa shape index (κ3) is 2.42. The Hall–Kier alpha value is 0.350. The van der Waals surface area contributed by atoms with Crippen LogP contribution in [0.5, 0.6) is 0 Å². The summed E-state index contributed by atoms with van der Waals surface area (Å²) < 4.78 is 24.0. The maximum absolute atomic E-state index is 11.3. The molecule has 0 aromatic carbocycles. The molecule has 0 amide bonds. The summed E-state index contributed by atoms with van der Waals surface area (Å²) in [6, 6.07) is 0.139. The average molecular weight is 258 g/mol. The number of aliphatic hydroxyl groups is 1. The van der Waals surface area contributed by atoms with Crippen LogP contribution in [0.1, 0.15) is 12.8 Å². The van der Waals surface area contributed by atoms with E-state index < -0.39 is 10.0 Å². The molecule has 6 heteroatoms. The van der Waals surface area contributed by atoms with Crippen LogP contribution in [0.3, 0.4) is 0 Å². The number of halogens is 1. The summed E-state index contributed by atoms with van der Waals surface area (Å²) in [7, 11) is -3.17. The maximum atomic E-state index is 11.3. The van der Waals surface area contributed by atoms with Crippen LogP contribution >= 0.6 is 15.9 Å². The fraction of sp³-hybridized carbons (Fsp3) is 1.00. The van der Waals surface area contributed by atoms with Crippen LogP contribution in [0, 0.1) is 0 Å². The number of hydrogen-bond acceptors (Lipinski definition) is 3. The minimum Gasteiger partial charge on any atom is -0.395 e. The van der Waals surface area contributed by atoms with E-state index in [9.17, 15) is 8.42 Å². The highest BCUT2D eigenvalue weighted by Gasteiger charge is 2.35. The highest BCUT2D eigenvalue weighted by Crippen LogP contribution is 2.29. The monoisotopic (exact) mass is 257 g/mol. The lowest BCUT2D eigenvalue weighted by molar-refractivity contribution is 0.251. The first-order valence-corrected chi connectivity index (χ1v) is 6.51. The molecule has 0 atom stereocenters. The largest absolute Gasteiger partial charge is 0.395 e. The second-order valence-electron chi connectivity index (χ2n) is 2.79. The van der Waals surface area contributed by atoms with Gasteiger partial charge in [-0.3, -0.25) is 0 Å². The summed E-state index contributed by atoms with van der Waals surface area (Å²) in [4.78, 5) is 0. The second-order valence-corrected chi connectivity index (χ2v) is 6.01. The summed E-state index contributed by atoms with van der Waals surface area (Å²) in [5, 5.41) is 8.65. The highest BCUT2D eigenvalue weighted by molar-refractivity contribution is 9.10. The number of alkyl halides is 1. The van der Waals surface area contributed by atoms with E-state index in [4.69, 9.17) is 5.11 Å². The molecule has 0 radical (unpaired) electrons. The van der Waals surface area contributed by atoms with Gasteiger partial charge >= 0.3 is 0 Å². The second kappa shape index (κ2) is 4.04. The van der Waals surface area contributed by atoms with Crippen molar-refractivity contribution >= 4 is 26.0 Å². The van der Waals surface area contributed by atoms with E-state index in [0.717, 1.165) is 12.8 Å². The molecule has 0 aromatic rings. The third-order valence-electron chi connectivity index (χ3n) is 1.77. The van der Waals surface area contributed by atoms with Gasteiger partial charge in [0.25, 0.3) is 0 Å². The number of rotatable bonds is 5. The van der Waals surface area contributed by atoms with Crippen molar-refractivity contribution in [2.75, 3.05) is 17.8 Å². The van der Waals surface area contributed by atoms with Crippen LogP contribution in [-0.4, -0.2) is 41.7 Å². The fourth-order valence-electron chi connectivity index (χ4n) is 1.07. The van der Waals surface area contributed by atoms with E-state index >= 15 is 0 Å². The van der Waals surface area contributed by atoms with Gasteiger partial charge in [0.15, 0.2) is 0 Å². The van der Waals surface area contributed by atoms with Crippen molar-refractivity contribution in [3.8, 4) is 0 Å². The predicted octanol–water partition coefficient (Wildman–Crippen LogP) is 0.125. The molecule has 0 heterocycles. The van der Waals surface area contributed by atoms with Crippen molar-refractivity contribution in [3.63, 3.8) is 0 Å². The van der Waals surface area contributed by atoms with E-state index in [1.165, 1.54) is 4.31 Å². The Morgan fingerprint density at radius 2 is 2.08 bits per heavy atom. The summed E-state index contributed by atoms with van der Waals surface area (Å²) >= 11 is 2.93. The maximum Gasteiger partial charge on any atom is 0.224 e. The Kier molecular flexibility index (Phi) is 3.51. The Morgan fingerprint density at radius 3 is 2.42 bits per heavy atom. The molecule has 0 saturated heterocycles. The van der Waals surface area contributed by atoms with Gasteiger partial charge in [0, 0.05) is 12.6 Å². The van der Waals surface area contributed by atoms with Gasteiger partial charge in [-0.05, 0) is 12.8 Å². The molecule has 0 aromatic heterocycles. The van der Waals surface area contributed by atoms with Crippen LogP contribution in [0.25, 0.3) is 0 Å². The fourth-order valence-corrected chi connectivity index (χ4v) is 3.01. The van der Waals surface area contributed by atoms with Crippen molar-refractivity contribution < 1.29 is 13.5 Å². The van der Waals surface area contributed by atoms with E-state index in [-0.39, 0.29) is 23.9 Å². The molecule has 1 N–H and O–H groups in total. The minimum absolute atomic E-state index is 0.0590. The lowest BCUT2D eigenvalue weighted by atomic mass is 10.6. The van der Waals surface area contributed by atoms with Gasteiger partial charge in [0.2, 0.25) is 10.0 Å². The zero-order valence-corrected chi connectivity index (χ0v) is 9.01. The van der Waals surface area contributed by atoms with E-state index in [2.05, 4.69) is 15.9 Å². The van der Waals surface area contributed by atoms with Gasteiger partial charge < -0.3 is 5.11 Å². The molecule has 1 fully saturated rings. The minimum atomic E-state index is -3.17. The average Bonchev–Trinajstić information content (AvgIpc) is 2.83. The highest BCUT2D eigenvalue weighted by atomic mass is 79.9. The molecule has 1 saturated carbocycles. The lowest BCUT2D eigenvalue weighted by Gasteiger charge is -2.18. The zero-order valence-electron chi connectivity index (χ0n) is 6.61. The topological polar surface area (TPSA) is 57.6 Å². The molecular weight excluding hydrogens is 246 g/mol. The van der Waals surface area contributed by atoms with Crippen molar-refractivity contribution in [2.24, 2.45) is 0 Å². The Morgan fingerprint density at radius 1 is 1.50 bits per heavy atom. The van der Waals surface area contributed by atoms with Crippen molar-refractivity contribution in [2.45, 2.75) is 18.9 Å². The van der Waals surface area contributed by atoms with Gasteiger partial charge in [-0.25, -0.2) is 8.42 Å². The normalized spacial score (nSPS) is 18.6. The standard InChI is InChI=1S/C6H12BrNO3S/c7-5-12(10,11)8(3-4-9)6-1-2-6/h6,9H,1-5H2. The van der Waals surface area contributed by atoms with Gasteiger partial charge in [-0.1, -0.05) is 15.9 Å². The molecule has 4 nitrogen and oxygen atoms in total. The van der Waals surface area contributed by atoms with E-state index in [1.54, 1.807) is 0 Å². The van der Waals surface area contributed by atoms with E-state index in [0.29, 0.717) is 0 Å². The number of hydrogen-bond donors (Lipinski definition) is 1. The van der Waals surface area contributed by atoms with Crippen molar-refractivity contribution in [1.82, 2.24) is 4.31 Å². The first-order chi connectivity index (χ1) is 5.61. The Balaban J connectivity index is 2.64. The summed E-state index contributed by atoms with van der Waals surface area (Å²) in [5.74, 6) is 0. The smallest absolute Gasteiger partial charge is 0.224 e. The van der Waals surface area contributed by atoms with Crippen molar-refractivity contribution in [3.05, 3.63) is 0 Å². The molecule has 0 bridgehead atoms. The molecule has 72 valence electrons. The first-order valence-electron chi connectivity index (χ1n) is 3.78.